The number of carbonyl (C=O) groups is 2. The monoisotopic (exact) mass is 448 g/mol. The molecule has 2 aromatic carbocycles. The van der Waals surface area contributed by atoms with E-state index in [1.165, 1.54) is 18.2 Å². The second kappa shape index (κ2) is 8.16. The molecule has 0 fully saturated rings. The number of alkyl halides is 3. The molecule has 0 atom stereocenters. The Kier molecular flexibility index (Phi) is 6.16. The van der Waals surface area contributed by atoms with Gasteiger partial charge >= 0.3 is 18.4 Å². The Balaban J connectivity index is 2.05. The van der Waals surface area contributed by atoms with Crippen LogP contribution < -0.4 is 15.4 Å². The minimum Gasteiger partial charge on any atom is -0.507 e. The Morgan fingerprint density at radius 3 is 2.37 bits per heavy atom. The molecule has 0 aliphatic carbocycles. The number of phenolic OH excluding ortho intramolecular Hbond substituents is 1. The summed E-state index contributed by atoms with van der Waals surface area (Å²) in [5.74, 6) is -1.59. The number of nitrogens with one attached hydrogen (secondary N) is 2. The van der Waals surface area contributed by atoms with E-state index in [0.29, 0.717) is 0 Å². The fourth-order valence-corrected chi connectivity index (χ4v) is 2.43. The van der Waals surface area contributed by atoms with Crippen molar-refractivity contribution in [3.63, 3.8) is 0 Å². The molecule has 2 aromatic rings. The van der Waals surface area contributed by atoms with E-state index in [-0.39, 0.29) is 21.4 Å². The predicted molar refractivity (Wildman–Crippen MR) is 92.9 cm³/mol. The summed E-state index contributed by atoms with van der Waals surface area (Å²) in [6.45, 7) is 0. The van der Waals surface area contributed by atoms with Crippen molar-refractivity contribution in [1.29, 1.82) is 0 Å². The number of urea groups is 1. The number of aromatic hydroxyl groups is 1. The lowest BCUT2D eigenvalue weighted by Gasteiger charge is -2.13. The first-order valence-electron chi connectivity index (χ1n) is 7.13. The molecule has 0 radical (unpaired) electrons. The van der Waals surface area contributed by atoms with Crippen molar-refractivity contribution in [2.75, 3.05) is 17.7 Å². The lowest BCUT2D eigenvalue weighted by atomic mass is 10.2. The summed E-state index contributed by atoms with van der Waals surface area (Å²) in [6, 6.07) is 6.32. The van der Waals surface area contributed by atoms with Crippen molar-refractivity contribution in [2.24, 2.45) is 0 Å². The molecular formula is C16H12BrF3N2O5. The molecule has 3 N–H and O–H groups in total. The number of ether oxygens (including phenoxy) is 2. The molecule has 2 rings (SSSR count). The molecule has 0 heterocycles. The summed E-state index contributed by atoms with van der Waals surface area (Å²) in [5.41, 5.74) is 0.273. The van der Waals surface area contributed by atoms with Gasteiger partial charge in [-0.1, -0.05) is 0 Å². The third-order valence-electron chi connectivity index (χ3n) is 3.08. The number of hydrogen-bond donors (Lipinski definition) is 3. The topological polar surface area (TPSA) is 96.9 Å². The Bertz CT molecular complexity index is 874. The third kappa shape index (κ3) is 5.78. The smallest absolute Gasteiger partial charge is 0.507 e. The molecule has 27 heavy (non-hydrogen) atoms. The molecule has 0 bridgehead atoms. The largest absolute Gasteiger partial charge is 0.573 e. The zero-order valence-corrected chi connectivity index (χ0v) is 15.1. The van der Waals surface area contributed by atoms with Crippen LogP contribution in [0.4, 0.5) is 29.3 Å². The van der Waals surface area contributed by atoms with Crippen LogP contribution in [0.3, 0.4) is 0 Å². The van der Waals surface area contributed by atoms with E-state index in [1.54, 1.807) is 0 Å². The van der Waals surface area contributed by atoms with Gasteiger partial charge in [0.1, 0.15) is 17.1 Å². The van der Waals surface area contributed by atoms with Gasteiger partial charge in [0.2, 0.25) is 0 Å². The number of anilines is 2. The van der Waals surface area contributed by atoms with E-state index < -0.39 is 29.9 Å². The number of esters is 1. The number of amides is 2. The average Bonchev–Trinajstić information content (AvgIpc) is 2.55. The van der Waals surface area contributed by atoms with Crippen LogP contribution in [0.15, 0.2) is 40.9 Å². The molecule has 0 unspecified atom stereocenters. The second-order valence-electron chi connectivity index (χ2n) is 4.99. The average molecular weight is 449 g/mol. The highest BCUT2D eigenvalue weighted by Gasteiger charge is 2.31. The SMILES string of the molecule is COC(=O)c1ccc(NC(=O)Nc2ccc(OC(F)(F)F)cc2Br)cc1O. The Morgan fingerprint density at radius 1 is 1.11 bits per heavy atom. The van der Waals surface area contributed by atoms with Crippen molar-refractivity contribution >= 4 is 39.3 Å². The van der Waals surface area contributed by atoms with E-state index in [2.05, 4.69) is 36.0 Å². The number of rotatable bonds is 4. The molecule has 0 aliphatic rings. The molecular weight excluding hydrogens is 437 g/mol. The van der Waals surface area contributed by atoms with Crippen molar-refractivity contribution in [2.45, 2.75) is 6.36 Å². The maximum atomic E-state index is 12.2. The zero-order valence-electron chi connectivity index (χ0n) is 13.6. The Hall–Kier alpha value is -2.95. The van der Waals surface area contributed by atoms with Gasteiger partial charge < -0.3 is 25.2 Å². The first-order chi connectivity index (χ1) is 12.6. The van der Waals surface area contributed by atoms with E-state index >= 15 is 0 Å². The number of phenols is 1. The number of methoxy groups -OCH3 is 1. The van der Waals surface area contributed by atoms with Crippen molar-refractivity contribution in [3.05, 3.63) is 46.4 Å². The van der Waals surface area contributed by atoms with Crippen LogP contribution in [0.25, 0.3) is 0 Å². The molecule has 7 nitrogen and oxygen atoms in total. The molecule has 0 aliphatic heterocycles. The van der Waals surface area contributed by atoms with E-state index in [9.17, 15) is 27.9 Å². The summed E-state index contributed by atoms with van der Waals surface area (Å²) >= 11 is 3.03. The molecule has 11 heteroatoms. The summed E-state index contributed by atoms with van der Waals surface area (Å²) in [4.78, 5) is 23.4. The molecule has 0 saturated heterocycles. The standard InChI is InChI=1S/C16H12BrF3N2O5/c1-26-14(24)10-4-2-8(6-13(10)23)21-15(25)22-12-5-3-9(7-11(12)17)27-16(18,19)20/h2-7,23H,1H3,(H2,21,22,25). The summed E-state index contributed by atoms with van der Waals surface area (Å²) < 4.78 is 45.0. The van der Waals surface area contributed by atoms with E-state index in [4.69, 9.17) is 0 Å². The van der Waals surface area contributed by atoms with Crippen molar-refractivity contribution in [3.8, 4) is 11.5 Å². The second-order valence-corrected chi connectivity index (χ2v) is 5.85. The summed E-state index contributed by atoms with van der Waals surface area (Å²) in [6.07, 6.45) is -4.83. The van der Waals surface area contributed by atoms with Gasteiger partial charge in [-0.05, 0) is 46.3 Å². The Labute approximate surface area is 159 Å². The molecule has 0 spiro atoms. The predicted octanol–water partition coefficient (Wildman–Crippen LogP) is 4.48. The van der Waals surface area contributed by atoms with Crippen LogP contribution in [-0.4, -0.2) is 30.6 Å². The van der Waals surface area contributed by atoms with Gasteiger partial charge in [0, 0.05) is 16.2 Å². The summed E-state index contributed by atoms with van der Waals surface area (Å²) in [5, 5.41) is 14.6. The van der Waals surface area contributed by atoms with Gasteiger partial charge in [0.25, 0.3) is 0 Å². The minimum absolute atomic E-state index is 0.0774. The third-order valence-corrected chi connectivity index (χ3v) is 3.74. The van der Waals surface area contributed by atoms with Gasteiger partial charge in [0.05, 0.1) is 12.8 Å². The van der Waals surface area contributed by atoms with Gasteiger partial charge in [-0.3, -0.25) is 0 Å². The van der Waals surface area contributed by atoms with Crippen LogP contribution in [0, 0.1) is 0 Å². The normalized spacial score (nSPS) is 10.9. The minimum atomic E-state index is -4.83. The molecule has 2 amide bonds. The fraction of sp³-hybridized carbons (Fsp3) is 0.125. The Morgan fingerprint density at radius 2 is 1.81 bits per heavy atom. The lowest BCUT2D eigenvalue weighted by molar-refractivity contribution is -0.274. The summed E-state index contributed by atoms with van der Waals surface area (Å²) in [7, 11) is 1.16. The van der Waals surface area contributed by atoms with Gasteiger partial charge in [-0.25, -0.2) is 9.59 Å². The maximum Gasteiger partial charge on any atom is 0.573 e. The van der Waals surface area contributed by atoms with Crippen molar-refractivity contribution < 1.29 is 37.3 Å². The van der Waals surface area contributed by atoms with Crippen LogP contribution >= 0.6 is 15.9 Å². The maximum absolute atomic E-state index is 12.2. The van der Waals surface area contributed by atoms with E-state index in [1.807, 2.05) is 0 Å². The van der Waals surface area contributed by atoms with Crippen LogP contribution in [-0.2, 0) is 4.74 Å². The van der Waals surface area contributed by atoms with Crippen LogP contribution in [0.5, 0.6) is 11.5 Å². The first kappa shape index (κ1) is 20.4. The van der Waals surface area contributed by atoms with E-state index in [0.717, 1.165) is 25.3 Å². The highest BCUT2D eigenvalue weighted by molar-refractivity contribution is 9.10. The van der Waals surface area contributed by atoms with Crippen molar-refractivity contribution in [1.82, 2.24) is 0 Å². The number of carbonyl (C=O) groups excluding carboxylic acids is 2. The number of benzene rings is 2. The first-order valence-corrected chi connectivity index (χ1v) is 7.93. The number of halogens is 4. The molecule has 144 valence electrons. The van der Waals surface area contributed by atoms with Crippen LogP contribution in [0.2, 0.25) is 0 Å². The van der Waals surface area contributed by atoms with Gasteiger partial charge in [-0.2, -0.15) is 0 Å². The lowest BCUT2D eigenvalue weighted by Crippen LogP contribution is -2.20. The van der Waals surface area contributed by atoms with Crippen LogP contribution in [0.1, 0.15) is 10.4 Å². The quantitative estimate of drug-likeness (QED) is 0.599. The molecule has 0 aromatic heterocycles. The highest BCUT2D eigenvalue weighted by Crippen LogP contribution is 2.31. The molecule has 0 saturated carbocycles. The van der Waals surface area contributed by atoms with Gasteiger partial charge in [-0.15, -0.1) is 13.2 Å². The zero-order chi connectivity index (χ0) is 20.2. The number of hydrogen-bond acceptors (Lipinski definition) is 5. The highest BCUT2D eigenvalue weighted by atomic mass is 79.9. The van der Waals surface area contributed by atoms with Gasteiger partial charge in [0.15, 0.2) is 0 Å². The fourth-order valence-electron chi connectivity index (χ4n) is 1.97.